The minimum Gasteiger partial charge on any atom is -0.494 e. The van der Waals surface area contributed by atoms with Crippen LogP contribution in [0.15, 0.2) is 35.9 Å². The number of ether oxygens (including phenoxy) is 1. The van der Waals surface area contributed by atoms with Gasteiger partial charge in [-0.15, -0.1) is 0 Å². The fraction of sp³-hybridized carbons (Fsp3) is 0.529. The van der Waals surface area contributed by atoms with Crippen LogP contribution in [-0.4, -0.2) is 13.2 Å². The quantitative estimate of drug-likeness (QED) is 0.589. The summed E-state index contributed by atoms with van der Waals surface area (Å²) in [6.07, 6.45) is 8.95. The van der Waals surface area contributed by atoms with Crippen molar-refractivity contribution in [3.63, 3.8) is 0 Å². The molecule has 1 N–H and O–H groups in total. The van der Waals surface area contributed by atoms with Gasteiger partial charge in [0.2, 0.25) is 0 Å². The lowest BCUT2D eigenvalue weighted by molar-refractivity contribution is 0.335. The maximum Gasteiger partial charge on any atom is 0.123 e. The van der Waals surface area contributed by atoms with E-state index in [-0.39, 0.29) is 0 Å². The predicted molar refractivity (Wildman–Crippen MR) is 80.5 cm³/mol. The lowest BCUT2D eigenvalue weighted by atomic mass is 9.97. The monoisotopic (exact) mass is 259 g/mol. The summed E-state index contributed by atoms with van der Waals surface area (Å²) < 4.78 is 5.63. The van der Waals surface area contributed by atoms with Gasteiger partial charge in [-0.3, -0.25) is 0 Å². The Morgan fingerprint density at radius 3 is 2.89 bits per heavy atom. The minimum atomic E-state index is 0.726. The third-order valence-electron chi connectivity index (χ3n) is 3.60. The summed E-state index contributed by atoms with van der Waals surface area (Å²) in [7, 11) is 0. The number of nitrogens with one attached hydrogen (secondary N) is 1. The van der Waals surface area contributed by atoms with E-state index in [1.807, 2.05) is 19.1 Å². The zero-order chi connectivity index (χ0) is 13.3. The molecule has 1 aromatic carbocycles. The topological polar surface area (TPSA) is 21.3 Å². The number of hydrogen-bond donors (Lipinski definition) is 1. The Labute approximate surface area is 116 Å². The molecule has 0 heterocycles. The first-order chi connectivity index (χ1) is 9.40. The van der Waals surface area contributed by atoms with Crippen LogP contribution in [0.3, 0.4) is 0 Å². The van der Waals surface area contributed by atoms with E-state index in [1.54, 1.807) is 5.57 Å². The van der Waals surface area contributed by atoms with Crippen molar-refractivity contribution in [3.8, 4) is 5.75 Å². The van der Waals surface area contributed by atoms with Crippen molar-refractivity contribution in [3.05, 3.63) is 41.5 Å². The molecule has 0 bridgehead atoms. The van der Waals surface area contributed by atoms with E-state index < -0.39 is 0 Å². The van der Waals surface area contributed by atoms with Crippen molar-refractivity contribution in [2.75, 3.05) is 13.2 Å². The number of para-hydroxylation sites is 1. The summed E-state index contributed by atoms with van der Waals surface area (Å²) in [5.74, 6) is 1.01. The second-order valence-electron chi connectivity index (χ2n) is 5.08. The fourth-order valence-corrected chi connectivity index (χ4v) is 2.55. The summed E-state index contributed by atoms with van der Waals surface area (Å²) in [4.78, 5) is 0. The van der Waals surface area contributed by atoms with Gasteiger partial charge in [-0.25, -0.2) is 0 Å². The summed E-state index contributed by atoms with van der Waals surface area (Å²) in [5, 5.41) is 3.53. The highest BCUT2D eigenvalue weighted by atomic mass is 16.5. The highest BCUT2D eigenvalue weighted by Gasteiger charge is 2.04. The Balaban J connectivity index is 1.74. The highest BCUT2D eigenvalue weighted by Crippen LogP contribution is 2.20. The molecule has 1 aliphatic carbocycles. The van der Waals surface area contributed by atoms with Crippen LogP contribution in [0.25, 0.3) is 0 Å². The maximum absolute atomic E-state index is 5.63. The van der Waals surface area contributed by atoms with Crippen LogP contribution in [0.5, 0.6) is 5.75 Å². The highest BCUT2D eigenvalue weighted by molar-refractivity contribution is 5.33. The van der Waals surface area contributed by atoms with Crippen molar-refractivity contribution in [2.45, 2.75) is 45.6 Å². The third kappa shape index (κ3) is 4.71. The van der Waals surface area contributed by atoms with Gasteiger partial charge in [-0.2, -0.15) is 0 Å². The van der Waals surface area contributed by atoms with Crippen LogP contribution in [-0.2, 0) is 6.54 Å². The summed E-state index contributed by atoms with van der Waals surface area (Å²) in [5.41, 5.74) is 2.89. The molecule has 0 saturated carbocycles. The van der Waals surface area contributed by atoms with E-state index >= 15 is 0 Å². The molecule has 2 heteroatoms. The third-order valence-corrected chi connectivity index (χ3v) is 3.60. The smallest absolute Gasteiger partial charge is 0.123 e. The fourth-order valence-electron chi connectivity index (χ4n) is 2.55. The first kappa shape index (κ1) is 14.1. The molecule has 1 aliphatic rings. The van der Waals surface area contributed by atoms with E-state index in [0.717, 1.165) is 25.4 Å². The van der Waals surface area contributed by atoms with Crippen LogP contribution in [0, 0.1) is 0 Å². The molecule has 0 spiro atoms. The molecule has 0 aliphatic heterocycles. The van der Waals surface area contributed by atoms with E-state index in [9.17, 15) is 0 Å². The van der Waals surface area contributed by atoms with Gasteiger partial charge in [-0.05, 0) is 51.6 Å². The molecule has 1 aromatic rings. The van der Waals surface area contributed by atoms with Crippen LogP contribution >= 0.6 is 0 Å². The normalized spacial score (nSPS) is 15.1. The number of benzene rings is 1. The van der Waals surface area contributed by atoms with Crippen molar-refractivity contribution in [1.82, 2.24) is 5.32 Å². The van der Waals surface area contributed by atoms with E-state index in [0.29, 0.717) is 0 Å². The lowest BCUT2D eigenvalue weighted by Gasteiger charge is -2.14. The van der Waals surface area contributed by atoms with Crippen LogP contribution in [0.1, 0.15) is 44.6 Å². The molecule has 0 radical (unpaired) electrons. The molecule has 0 atom stereocenters. The Hall–Kier alpha value is -1.28. The SMILES string of the molecule is CCOc1ccccc1CNCCC1=CCCCC1. The predicted octanol–water partition coefficient (Wildman–Crippen LogP) is 4.07. The van der Waals surface area contributed by atoms with E-state index in [1.165, 1.54) is 37.7 Å². The van der Waals surface area contributed by atoms with E-state index in [4.69, 9.17) is 4.74 Å². The molecule has 2 rings (SSSR count). The summed E-state index contributed by atoms with van der Waals surface area (Å²) in [6, 6.07) is 8.28. The van der Waals surface area contributed by atoms with Gasteiger partial charge >= 0.3 is 0 Å². The molecular weight excluding hydrogens is 234 g/mol. The lowest BCUT2D eigenvalue weighted by Crippen LogP contribution is -2.16. The molecule has 104 valence electrons. The molecule has 19 heavy (non-hydrogen) atoms. The first-order valence-corrected chi connectivity index (χ1v) is 7.49. The first-order valence-electron chi connectivity index (χ1n) is 7.49. The zero-order valence-electron chi connectivity index (χ0n) is 12.0. The standard InChI is InChI=1S/C17H25NO/c1-2-19-17-11-7-6-10-16(17)14-18-13-12-15-8-4-3-5-9-15/h6-8,10-11,18H,2-5,9,12-14H2,1H3. The number of allylic oxidation sites excluding steroid dienone is 1. The van der Waals surface area contributed by atoms with Crippen molar-refractivity contribution in [2.24, 2.45) is 0 Å². The average Bonchev–Trinajstić information content (AvgIpc) is 2.47. The zero-order valence-corrected chi connectivity index (χ0v) is 12.0. The molecule has 0 unspecified atom stereocenters. The Morgan fingerprint density at radius 2 is 2.11 bits per heavy atom. The molecule has 0 saturated heterocycles. The number of hydrogen-bond acceptors (Lipinski definition) is 2. The summed E-state index contributed by atoms with van der Waals surface area (Å²) in [6.45, 7) is 4.71. The Kier molecular flexibility index (Phi) is 5.96. The van der Waals surface area contributed by atoms with E-state index in [2.05, 4.69) is 23.5 Å². The summed E-state index contributed by atoms with van der Waals surface area (Å²) >= 11 is 0. The molecule has 0 amide bonds. The Bertz CT molecular complexity index is 411. The Morgan fingerprint density at radius 1 is 1.21 bits per heavy atom. The van der Waals surface area contributed by atoms with Gasteiger partial charge in [-0.1, -0.05) is 29.8 Å². The van der Waals surface area contributed by atoms with Crippen molar-refractivity contribution in [1.29, 1.82) is 0 Å². The van der Waals surface area contributed by atoms with Crippen LogP contribution < -0.4 is 10.1 Å². The molecule has 0 fully saturated rings. The number of rotatable bonds is 7. The van der Waals surface area contributed by atoms with Gasteiger partial charge in [0.05, 0.1) is 6.61 Å². The van der Waals surface area contributed by atoms with Crippen LogP contribution in [0.2, 0.25) is 0 Å². The van der Waals surface area contributed by atoms with Crippen molar-refractivity contribution < 1.29 is 4.74 Å². The largest absolute Gasteiger partial charge is 0.494 e. The van der Waals surface area contributed by atoms with Crippen molar-refractivity contribution >= 4 is 0 Å². The van der Waals surface area contributed by atoms with Gasteiger partial charge in [0.15, 0.2) is 0 Å². The average molecular weight is 259 g/mol. The van der Waals surface area contributed by atoms with Gasteiger partial charge in [0, 0.05) is 12.1 Å². The van der Waals surface area contributed by atoms with Gasteiger partial charge < -0.3 is 10.1 Å². The van der Waals surface area contributed by atoms with Gasteiger partial charge in [0.25, 0.3) is 0 Å². The second-order valence-corrected chi connectivity index (χ2v) is 5.08. The minimum absolute atomic E-state index is 0.726. The van der Waals surface area contributed by atoms with Gasteiger partial charge in [0.1, 0.15) is 5.75 Å². The van der Waals surface area contributed by atoms with Crippen LogP contribution in [0.4, 0.5) is 0 Å². The second kappa shape index (κ2) is 8.00. The molecule has 0 aromatic heterocycles. The molecule has 2 nitrogen and oxygen atoms in total. The maximum atomic E-state index is 5.63. The molecular formula is C17H25NO.